The van der Waals surface area contributed by atoms with Gasteiger partial charge in [-0.3, -0.25) is 9.59 Å². The molecule has 0 saturated heterocycles. The van der Waals surface area contributed by atoms with Crippen LogP contribution in [-0.4, -0.2) is 26.6 Å². The highest BCUT2D eigenvalue weighted by Crippen LogP contribution is 2.19. The molecule has 0 atom stereocenters. The van der Waals surface area contributed by atoms with Crippen molar-refractivity contribution in [3.63, 3.8) is 0 Å². The van der Waals surface area contributed by atoms with Gasteiger partial charge in [0.15, 0.2) is 5.78 Å². The number of para-hydroxylation sites is 1. The van der Waals surface area contributed by atoms with Gasteiger partial charge in [0, 0.05) is 3.57 Å². The minimum absolute atomic E-state index is 0.116. The predicted octanol–water partition coefficient (Wildman–Crippen LogP) is 2.30. The van der Waals surface area contributed by atoms with Crippen LogP contribution in [0.3, 0.4) is 0 Å². The van der Waals surface area contributed by atoms with Crippen LogP contribution in [0.15, 0.2) is 29.1 Å². The number of rotatable bonds is 4. The van der Waals surface area contributed by atoms with Crippen LogP contribution >= 0.6 is 22.6 Å². The fourth-order valence-electron chi connectivity index (χ4n) is 2.21. The van der Waals surface area contributed by atoms with E-state index in [0.29, 0.717) is 17.8 Å². The third-order valence-corrected chi connectivity index (χ3v) is 4.07. The van der Waals surface area contributed by atoms with Crippen molar-refractivity contribution in [1.82, 2.24) is 9.78 Å². The summed E-state index contributed by atoms with van der Waals surface area (Å²) in [5, 5.41) is 13.2. The van der Waals surface area contributed by atoms with E-state index >= 15 is 0 Å². The first-order valence-electron chi connectivity index (χ1n) is 6.53. The van der Waals surface area contributed by atoms with Gasteiger partial charge < -0.3 is 5.11 Å². The molecule has 1 aromatic heterocycles. The second kappa shape index (κ2) is 6.39. The predicted molar refractivity (Wildman–Crippen MR) is 88.9 cm³/mol. The number of aromatic nitrogens is 2. The molecule has 0 unspecified atom stereocenters. The van der Waals surface area contributed by atoms with Crippen LogP contribution in [0.25, 0.3) is 5.69 Å². The number of carboxylic acids is 1. The first kappa shape index (κ1) is 16.3. The Morgan fingerprint density at radius 3 is 2.45 bits per heavy atom. The van der Waals surface area contributed by atoms with Crippen molar-refractivity contribution < 1.29 is 14.7 Å². The first-order valence-corrected chi connectivity index (χ1v) is 7.61. The Morgan fingerprint density at radius 1 is 1.32 bits per heavy atom. The van der Waals surface area contributed by atoms with Gasteiger partial charge in [0.1, 0.15) is 0 Å². The van der Waals surface area contributed by atoms with E-state index in [1.807, 2.05) is 12.1 Å². The number of hydrogen-bond acceptors (Lipinski definition) is 4. The van der Waals surface area contributed by atoms with Crippen molar-refractivity contribution >= 4 is 34.3 Å². The van der Waals surface area contributed by atoms with Crippen molar-refractivity contribution in [2.45, 2.75) is 20.3 Å². The molecule has 0 fully saturated rings. The number of aromatic carboxylic acids is 1. The SMILES string of the molecule is CCc1c(C(C)=O)c(=O)c(C(=O)O)nn1-c1ccccc1I. The smallest absolute Gasteiger partial charge is 0.360 e. The molecule has 2 aromatic rings. The van der Waals surface area contributed by atoms with Crippen LogP contribution < -0.4 is 5.43 Å². The summed E-state index contributed by atoms with van der Waals surface area (Å²) in [5.41, 5.74) is -0.563. The van der Waals surface area contributed by atoms with Crippen LogP contribution in [0.1, 0.15) is 40.4 Å². The number of carboxylic acid groups (broad SMARTS) is 1. The van der Waals surface area contributed by atoms with Gasteiger partial charge in [-0.05, 0) is 48.1 Å². The van der Waals surface area contributed by atoms with E-state index in [1.54, 1.807) is 19.1 Å². The summed E-state index contributed by atoms with van der Waals surface area (Å²) in [6.07, 6.45) is 0.377. The van der Waals surface area contributed by atoms with E-state index in [2.05, 4.69) is 27.7 Å². The van der Waals surface area contributed by atoms with Crippen molar-refractivity contribution in [3.8, 4) is 5.69 Å². The Labute approximate surface area is 139 Å². The Balaban J connectivity index is 2.96. The zero-order valence-electron chi connectivity index (χ0n) is 12.0. The van der Waals surface area contributed by atoms with E-state index in [4.69, 9.17) is 0 Å². The second-order valence-electron chi connectivity index (χ2n) is 4.58. The van der Waals surface area contributed by atoms with Crippen LogP contribution in [0.2, 0.25) is 0 Å². The standard InChI is InChI=1S/C15H13IN2O4/c1-3-10-12(8(2)19)14(20)13(15(21)22)17-18(10)11-7-5-4-6-9(11)16/h4-7H,3H2,1-2H3,(H,21,22). The van der Waals surface area contributed by atoms with Gasteiger partial charge in [-0.2, -0.15) is 5.10 Å². The highest BCUT2D eigenvalue weighted by Gasteiger charge is 2.24. The fraction of sp³-hybridized carbons (Fsp3) is 0.200. The van der Waals surface area contributed by atoms with Gasteiger partial charge in [-0.15, -0.1) is 0 Å². The van der Waals surface area contributed by atoms with Crippen LogP contribution in [0.5, 0.6) is 0 Å². The summed E-state index contributed by atoms with van der Waals surface area (Å²) in [5.74, 6) is -1.92. The lowest BCUT2D eigenvalue weighted by Gasteiger charge is -2.16. The minimum Gasteiger partial charge on any atom is -0.476 e. The molecule has 0 bridgehead atoms. The number of carbonyl (C=O) groups is 2. The Bertz CT molecular complexity index is 827. The summed E-state index contributed by atoms with van der Waals surface area (Å²) in [7, 11) is 0. The lowest BCUT2D eigenvalue weighted by atomic mass is 10.1. The number of nitrogens with zero attached hydrogens (tertiary/aromatic N) is 2. The topological polar surface area (TPSA) is 89.3 Å². The molecule has 0 amide bonds. The van der Waals surface area contributed by atoms with E-state index in [9.17, 15) is 19.5 Å². The van der Waals surface area contributed by atoms with Crippen molar-refractivity contribution in [2.75, 3.05) is 0 Å². The van der Waals surface area contributed by atoms with Gasteiger partial charge in [-0.25, -0.2) is 9.48 Å². The molecule has 2 rings (SSSR count). The van der Waals surface area contributed by atoms with Crippen LogP contribution in [0, 0.1) is 3.57 Å². The summed E-state index contributed by atoms with van der Waals surface area (Å²) in [6, 6.07) is 7.21. The highest BCUT2D eigenvalue weighted by atomic mass is 127. The largest absolute Gasteiger partial charge is 0.476 e. The quantitative estimate of drug-likeness (QED) is 0.615. The van der Waals surface area contributed by atoms with Crippen molar-refractivity contribution in [3.05, 3.63) is 55.0 Å². The molecular weight excluding hydrogens is 399 g/mol. The molecule has 22 heavy (non-hydrogen) atoms. The molecule has 0 saturated carbocycles. The third-order valence-electron chi connectivity index (χ3n) is 3.16. The van der Waals surface area contributed by atoms with Crippen LogP contribution in [0.4, 0.5) is 0 Å². The second-order valence-corrected chi connectivity index (χ2v) is 5.74. The number of ketones is 1. The maximum atomic E-state index is 12.2. The Kier molecular flexibility index (Phi) is 4.74. The van der Waals surface area contributed by atoms with Gasteiger partial charge in [-0.1, -0.05) is 19.1 Å². The van der Waals surface area contributed by atoms with Crippen molar-refractivity contribution in [2.24, 2.45) is 0 Å². The number of hydrogen-bond donors (Lipinski definition) is 1. The molecule has 1 heterocycles. The lowest BCUT2D eigenvalue weighted by molar-refractivity contribution is 0.0686. The first-order chi connectivity index (χ1) is 10.4. The zero-order valence-corrected chi connectivity index (χ0v) is 14.1. The maximum Gasteiger partial charge on any atom is 0.360 e. The fourth-order valence-corrected chi connectivity index (χ4v) is 2.83. The lowest BCUT2D eigenvalue weighted by Crippen LogP contribution is -2.30. The van der Waals surface area contributed by atoms with E-state index in [-0.39, 0.29) is 5.56 Å². The van der Waals surface area contributed by atoms with Gasteiger partial charge in [0.05, 0.1) is 16.9 Å². The molecule has 6 nitrogen and oxygen atoms in total. The summed E-state index contributed by atoms with van der Waals surface area (Å²) >= 11 is 2.09. The van der Waals surface area contributed by atoms with Gasteiger partial charge >= 0.3 is 5.97 Å². The monoisotopic (exact) mass is 412 g/mol. The van der Waals surface area contributed by atoms with E-state index in [0.717, 1.165) is 3.57 Å². The maximum absolute atomic E-state index is 12.2. The molecule has 0 aliphatic carbocycles. The molecule has 1 aromatic carbocycles. The number of Topliss-reactive ketones (excluding diaryl/α,β-unsaturated/α-hetero) is 1. The number of halogens is 1. The number of benzene rings is 1. The molecule has 0 radical (unpaired) electrons. The molecule has 0 aliphatic heterocycles. The molecule has 0 aliphatic rings. The summed E-state index contributed by atoms with van der Waals surface area (Å²) < 4.78 is 2.21. The van der Waals surface area contributed by atoms with Gasteiger partial charge in [0.25, 0.3) is 0 Å². The molecule has 0 spiro atoms. The molecule has 7 heteroatoms. The molecule has 1 N–H and O–H groups in total. The van der Waals surface area contributed by atoms with Crippen LogP contribution in [-0.2, 0) is 6.42 Å². The van der Waals surface area contributed by atoms with E-state index in [1.165, 1.54) is 11.6 Å². The summed E-state index contributed by atoms with van der Waals surface area (Å²) in [6.45, 7) is 3.04. The average molecular weight is 412 g/mol. The average Bonchev–Trinajstić information content (AvgIpc) is 2.46. The normalized spacial score (nSPS) is 10.5. The van der Waals surface area contributed by atoms with Crippen molar-refractivity contribution in [1.29, 1.82) is 0 Å². The summed E-state index contributed by atoms with van der Waals surface area (Å²) in [4.78, 5) is 35.3. The Hall–Kier alpha value is -2.03. The van der Waals surface area contributed by atoms with E-state index < -0.39 is 22.9 Å². The highest BCUT2D eigenvalue weighted by molar-refractivity contribution is 14.1. The third kappa shape index (κ3) is 2.80. The Morgan fingerprint density at radius 2 is 1.95 bits per heavy atom. The molecule has 114 valence electrons. The van der Waals surface area contributed by atoms with Gasteiger partial charge in [0.2, 0.25) is 11.1 Å². The zero-order chi connectivity index (χ0) is 16.4. The number of carbonyl (C=O) groups excluding carboxylic acids is 1. The molecular formula is C15H13IN2O4. The minimum atomic E-state index is -1.45.